The molecule has 118 valence electrons. The number of aromatic carboxylic acids is 1. The summed E-state index contributed by atoms with van der Waals surface area (Å²) in [5.74, 6) is -1.33. The Bertz CT molecular complexity index is 742. The second kappa shape index (κ2) is 6.39. The highest BCUT2D eigenvalue weighted by Crippen LogP contribution is 2.19. The summed E-state index contributed by atoms with van der Waals surface area (Å²) >= 11 is 0. The largest absolute Gasteiger partial charge is 0.478 e. The van der Waals surface area contributed by atoms with E-state index in [1.165, 1.54) is 6.07 Å². The fourth-order valence-corrected chi connectivity index (χ4v) is 2.48. The lowest BCUT2D eigenvalue weighted by molar-refractivity contribution is 0.0697. The molecule has 0 radical (unpaired) electrons. The van der Waals surface area contributed by atoms with Gasteiger partial charge in [0.05, 0.1) is 16.7 Å². The number of carbonyl (C=O) groups is 1. The van der Waals surface area contributed by atoms with E-state index in [2.05, 4.69) is 10.0 Å². The molecule has 0 fully saturated rings. The van der Waals surface area contributed by atoms with Gasteiger partial charge in [0.25, 0.3) is 0 Å². The number of carboxylic acid groups (broad SMARTS) is 1. The van der Waals surface area contributed by atoms with Gasteiger partial charge >= 0.3 is 5.97 Å². The van der Waals surface area contributed by atoms with E-state index in [0.717, 1.165) is 18.4 Å². The number of hydrogen-bond acceptors (Lipinski definition) is 6. The first-order chi connectivity index (χ1) is 9.50. The molecule has 11 heteroatoms. The first-order valence-corrected chi connectivity index (χ1v) is 9.03. The van der Waals surface area contributed by atoms with Gasteiger partial charge in [-0.1, -0.05) is 0 Å². The van der Waals surface area contributed by atoms with Crippen molar-refractivity contribution >= 4 is 31.7 Å². The van der Waals surface area contributed by atoms with Gasteiger partial charge in [0.15, 0.2) is 0 Å². The molecule has 0 bridgehead atoms. The molecule has 0 spiro atoms. The zero-order valence-electron chi connectivity index (χ0n) is 11.0. The van der Waals surface area contributed by atoms with E-state index in [1.807, 2.05) is 0 Å². The fraction of sp³-hybridized carbons (Fsp3) is 0.300. The molecular weight excluding hydrogens is 322 g/mol. The topological polar surface area (TPSA) is 156 Å². The summed E-state index contributed by atoms with van der Waals surface area (Å²) < 4.78 is 46.3. The molecule has 0 unspecified atom stereocenters. The maximum absolute atomic E-state index is 11.2. The first kappa shape index (κ1) is 17.4. The Morgan fingerprint density at radius 1 is 1.24 bits per heavy atom. The van der Waals surface area contributed by atoms with Crippen LogP contribution in [0.1, 0.15) is 10.4 Å². The molecule has 21 heavy (non-hydrogen) atoms. The highest BCUT2D eigenvalue weighted by atomic mass is 32.2. The molecule has 1 aromatic carbocycles. The summed E-state index contributed by atoms with van der Waals surface area (Å²) in [6.45, 7) is 0.177. The number of sulfonamides is 2. The predicted molar refractivity (Wildman–Crippen MR) is 76.1 cm³/mol. The van der Waals surface area contributed by atoms with Crippen molar-refractivity contribution in [1.29, 1.82) is 0 Å². The van der Waals surface area contributed by atoms with E-state index in [-0.39, 0.29) is 29.2 Å². The first-order valence-electron chi connectivity index (χ1n) is 5.59. The minimum Gasteiger partial charge on any atom is -0.478 e. The van der Waals surface area contributed by atoms with Gasteiger partial charge in [0, 0.05) is 18.8 Å². The Kier molecular flexibility index (Phi) is 5.28. The van der Waals surface area contributed by atoms with Gasteiger partial charge in [-0.05, 0) is 18.2 Å². The third kappa shape index (κ3) is 5.67. The third-order valence-electron chi connectivity index (χ3n) is 2.35. The molecule has 0 heterocycles. The lowest BCUT2D eigenvalue weighted by Crippen LogP contribution is -2.28. The smallest absolute Gasteiger partial charge is 0.337 e. The maximum Gasteiger partial charge on any atom is 0.337 e. The standard InChI is InChI=1S/C10H15N3O6S2/c1-20(16,17)13-5-4-12-9-3-2-7(21(11,18)19)6-8(9)10(14)15/h2-3,6,12-13H,4-5H2,1H3,(H,14,15)(H2,11,18,19). The minimum absolute atomic E-state index is 0.0504. The van der Waals surface area contributed by atoms with Crippen molar-refractivity contribution in [3.8, 4) is 0 Å². The van der Waals surface area contributed by atoms with Gasteiger partial charge in [-0.25, -0.2) is 31.5 Å². The quantitative estimate of drug-likeness (QED) is 0.465. The number of benzene rings is 1. The molecule has 0 saturated carbocycles. The van der Waals surface area contributed by atoms with Crippen LogP contribution in [0, 0.1) is 0 Å². The number of hydrogen-bond donors (Lipinski definition) is 4. The molecular formula is C10H15N3O6S2. The summed E-state index contributed by atoms with van der Waals surface area (Å²) in [5.41, 5.74) is -0.119. The molecule has 1 rings (SSSR count). The number of carboxylic acids is 1. The molecule has 0 amide bonds. The van der Waals surface area contributed by atoms with Crippen molar-refractivity contribution in [1.82, 2.24) is 4.72 Å². The van der Waals surface area contributed by atoms with E-state index in [1.54, 1.807) is 0 Å². The van der Waals surface area contributed by atoms with Gasteiger partial charge in [-0.2, -0.15) is 0 Å². The summed E-state index contributed by atoms with van der Waals surface area (Å²) in [6.07, 6.45) is 0.997. The SMILES string of the molecule is CS(=O)(=O)NCCNc1ccc(S(N)(=O)=O)cc1C(=O)O. The second-order valence-electron chi connectivity index (χ2n) is 4.15. The number of nitrogens with one attached hydrogen (secondary N) is 2. The summed E-state index contributed by atoms with van der Waals surface area (Å²) in [7, 11) is -7.34. The zero-order chi connectivity index (χ0) is 16.3. The fourth-order valence-electron chi connectivity index (χ4n) is 1.47. The molecule has 0 aliphatic heterocycles. The van der Waals surface area contributed by atoms with Crippen molar-refractivity contribution < 1.29 is 26.7 Å². The highest BCUT2D eigenvalue weighted by Gasteiger charge is 2.15. The van der Waals surface area contributed by atoms with Crippen LogP contribution in [0.15, 0.2) is 23.1 Å². The van der Waals surface area contributed by atoms with Gasteiger partial charge in [-0.3, -0.25) is 0 Å². The summed E-state index contributed by atoms with van der Waals surface area (Å²) in [6, 6.07) is 3.35. The zero-order valence-corrected chi connectivity index (χ0v) is 12.7. The summed E-state index contributed by atoms with van der Waals surface area (Å²) in [4.78, 5) is 10.8. The minimum atomic E-state index is -4.00. The second-order valence-corrected chi connectivity index (χ2v) is 7.55. The Balaban J connectivity index is 2.90. The Hall–Kier alpha value is -1.69. The van der Waals surface area contributed by atoms with Crippen LogP contribution in [-0.2, 0) is 20.0 Å². The molecule has 9 nitrogen and oxygen atoms in total. The monoisotopic (exact) mass is 337 g/mol. The van der Waals surface area contributed by atoms with Crippen LogP contribution in [0.2, 0.25) is 0 Å². The van der Waals surface area contributed by atoms with E-state index in [4.69, 9.17) is 10.2 Å². The maximum atomic E-state index is 11.2. The lowest BCUT2D eigenvalue weighted by atomic mass is 10.2. The molecule has 0 saturated heterocycles. The average molecular weight is 337 g/mol. The van der Waals surface area contributed by atoms with Gasteiger partial charge in [0.2, 0.25) is 20.0 Å². The van der Waals surface area contributed by atoms with Gasteiger partial charge < -0.3 is 10.4 Å². The van der Waals surface area contributed by atoms with Crippen LogP contribution in [0.3, 0.4) is 0 Å². The Morgan fingerprint density at radius 2 is 1.86 bits per heavy atom. The predicted octanol–water partition coefficient (Wildman–Crippen LogP) is -1.01. The van der Waals surface area contributed by atoms with Crippen molar-refractivity contribution in [2.75, 3.05) is 24.7 Å². The molecule has 0 aliphatic carbocycles. The third-order valence-corrected chi connectivity index (χ3v) is 3.99. The number of anilines is 1. The van der Waals surface area contributed by atoms with Crippen LogP contribution >= 0.6 is 0 Å². The molecule has 5 N–H and O–H groups in total. The average Bonchev–Trinajstić information content (AvgIpc) is 2.32. The Labute approximate surface area is 122 Å². The number of rotatable bonds is 7. The normalized spacial score (nSPS) is 12.1. The van der Waals surface area contributed by atoms with E-state index < -0.39 is 26.0 Å². The van der Waals surface area contributed by atoms with Crippen LogP contribution in [0.25, 0.3) is 0 Å². The van der Waals surface area contributed by atoms with Crippen LogP contribution < -0.4 is 15.2 Å². The molecule has 1 aromatic rings. The van der Waals surface area contributed by atoms with E-state index >= 15 is 0 Å². The van der Waals surface area contributed by atoms with Crippen LogP contribution in [0.5, 0.6) is 0 Å². The highest BCUT2D eigenvalue weighted by molar-refractivity contribution is 7.89. The van der Waals surface area contributed by atoms with Crippen molar-refractivity contribution in [3.05, 3.63) is 23.8 Å². The Morgan fingerprint density at radius 3 is 2.33 bits per heavy atom. The lowest BCUT2D eigenvalue weighted by Gasteiger charge is -2.11. The van der Waals surface area contributed by atoms with Crippen LogP contribution in [-0.4, -0.2) is 47.3 Å². The van der Waals surface area contributed by atoms with E-state index in [0.29, 0.717) is 0 Å². The van der Waals surface area contributed by atoms with Crippen molar-refractivity contribution in [2.24, 2.45) is 5.14 Å². The van der Waals surface area contributed by atoms with Crippen LogP contribution in [0.4, 0.5) is 5.69 Å². The number of nitrogens with two attached hydrogens (primary N) is 1. The van der Waals surface area contributed by atoms with Gasteiger partial charge in [0.1, 0.15) is 0 Å². The molecule has 0 aliphatic rings. The molecule has 0 aromatic heterocycles. The van der Waals surface area contributed by atoms with Crippen molar-refractivity contribution in [3.63, 3.8) is 0 Å². The van der Waals surface area contributed by atoms with E-state index in [9.17, 15) is 21.6 Å². The van der Waals surface area contributed by atoms with Gasteiger partial charge in [-0.15, -0.1) is 0 Å². The molecule has 0 atom stereocenters. The number of primary sulfonamides is 1. The summed E-state index contributed by atoms with van der Waals surface area (Å²) in [5, 5.41) is 16.7. The van der Waals surface area contributed by atoms with Crippen molar-refractivity contribution in [2.45, 2.75) is 4.90 Å².